The second-order valence-electron chi connectivity index (χ2n) is 5.22. The zero-order valence-corrected chi connectivity index (χ0v) is 12.1. The smallest absolute Gasteiger partial charge is 0.253 e. The number of piperidine rings is 1. The van der Waals surface area contributed by atoms with Gasteiger partial charge in [-0.3, -0.25) is 4.79 Å². The molecule has 1 fully saturated rings. The quantitative estimate of drug-likeness (QED) is 0.878. The molecule has 1 saturated heterocycles. The molecule has 1 aliphatic heterocycles. The Labute approximate surface area is 125 Å². The summed E-state index contributed by atoms with van der Waals surface area (Å²) in [6.45, 7) is 1.49. The van der Waals surface area contributed by atoms with Crippen LogP contribution in [-0.4, -0.2) is 29.9 Å². The fraction of sp³-hybridized carbons (Fsp3) is 0.312. The van der Waals surface area contributed by atoms with Crippen molar-refractivity contribution in [1.29, 1.82) is 0 Å². The summed E-state index contributed by atoms with van der Waals surface area (Å²) < 4.78 is 0. The van der Waals surface area contributed by atoms with Crippen molar-refractivity contribution in [3.05, 3.63) is 48.0 Å². The van der Waals surface area contributed by atoms with Crippen LogP contribution in [0.5, 0.6) is 0 Å². The van der Waals surface area contributed by atoms with Gasteiger partial charge in [0.05, 0.1) is 0 Å². The second-order valence-corrected chi connectivity index (χ2v) is 5.22. The fourth-order valence-corrected chi connectivity index (χ4v) is 2.70. The topological polar surface area (TPSA) is 46.3 Å². The number of hydrogen-bond donors (Lipinski definition) is 1. The van der Waals surface area contributed by atoms with E-state index in [0.29, 0.717) is 6.54 Å². The molecule has 0 aliphatic carbocycles. The van der Waals surface area contributed by atoms with Crippen LogP contribution in [0.4, 0.5) is 0 Å². The minimum atomic E-state index is 0. The first-order chi connectivity index (χ1) is 9.24. The molecule has 4 heteroatoms. The zero-order valence-electron chi connectivity index (χ0n) is 11.3. The summed E-state index contributed by atoms with van der Waals surface area (Å²) in [5.74, 6) is 0.0981. The maximum absolute atomic E-state index is 12.5. The molecular weight excluding hydrogens is 272 g/mol. The number of fused-ring (bicyclic) bond motifs is 1. The van der Waals surface area contributed by atoms with Crippen LogP contribution in [0, 0.1) is 0 Å². The number of rotatable bonds is 1. The molecule has 0 spiro atoms. The van der Waals surface area contributed by atoms with Crippen LogP contribution in [-0.2, 0) is 0 Å². The van der Waals surface area contributed by atoms with E-state index in [1.54, 1.807) is 0 Å². The molecule has 2 N–H and O–H groups in total. The molecule has 1 amide bonds. The molecule has 2 aromatic carbocycles. The van der Waals surface area contributed by atoms with Gasteiger partial charge < -0.3 is 10.6 Å². The highest BCUT2D eigenvalue weighted by molar-refractivity contribution is 5.98. The standard InChI is InChI=1S/C16H18N2O.ClH/c17-15-6-3-9-18(11-15)16(19)14-8-7-12-4-1-2-5-13(12)10-14;/h1-2,4-5,7-8,10,15H,3,6,9,11,17H2;1H. The Morgan fingerprint density at radius 2 is 1.90 bits per heavy atom. The summed E-state index contributed by atoms with van der Waals surface area (Å²) in [4.78, 5) is 14.3. The van der Waals surface area contributed by atoms with Gasteiger partial charge in [-0.15, -0.1) is 12.4 Å². The Hall–Kier alpha value is -1.58. The first kappa shape index (κ1) is 14.8. The molecule has 20 heavy (non-hydrogen) atoms. The predicted octanol–water partition coefficient (Wildman–Crippen LogP) is 2.82. The Morgan fingerprint density at radius 3 is 2.65 bits per heavy atom. The van der Waals surface area contributed by atoms with Gasteiger partial charge in [0.15, 0.2) is 0 Å². The SMILES string of the molecule is Cl.NC1CCCN(C(=O)c2ccc3ccccc3c2)C1. The molecule has 3 rings (SSSR count). The normalized spacial score (nSPS) is 18.6. The van der Waals surface area contributed by atoms with Gasteiger partial charge in [-0.2, -0.15) is 0 Å². The highest BCUT2D eigenvalue weighted by Crippen LogP contribution is 2.18. The lowest BCUT2D eigenvalue weighted by atomic mass is 10.0. The highest BCUT2D eigenvalue weighted by atomic mass is 35.5. The van der Waals surface area contributed by atoms with E-state index < -0.39 is 0 Å². The van der Waals surface area contributed by atoms with E-state index in [4.69, 9.17) is 5.73 Å². The van der Waals surface area contributed by atoms with Crippen molar-refractivity contribution in [2.45, 2.75) is 18.9 Å². The van der Waals surface area contributed by atoms with Crippen LogP contribution in [0.3, 0.4) is 0 Å². The van der Waals surface area contributed by atoms with Gasteiger partial charge in [0.1, 0.15) is 0 Å². The number of hydrogen-bond acceptors (Lipinski definition) is 2. The van der Waals surface area contributed by atoms with E-state index in [1.807, 2.05) is 41.3 Å². The molecular formula is C16H19ClN2O. The van der Waals surface area contributed by atoms with E-state index in [-0.39, 0.29) is 24.4 Å². The van der Waals surface area contributed by atoms with Crippen LogP contribution < -0.4 is 5.73 Å². The minimum Gasteiger partial charge on any atom is -0.337 e. The van der Waals surface area contributed by atoms with E-state index in [9.17, 15) is 4.79 Å². The third-order valence-electron chi connectivity index (χ3n) is 3.74. The second kappa shape index (κ2) is 6.25. The first-order valence-corrected chi connectivity index (χ1v) is 6.78. The average molecular weight is 291 g/mol. The third kappa shape index (κ3) is 2.94. The summed E-state index contributed by atoms with van der Waals surface area (Å²) in [5.41, 5.74) is 6.69. The largest absolute Gasteiger partial charge is 0.337 e. The van der Waals surface area contributed by atoms with Gasteiger partial charge in [-0.1, -0.05) is 30.3 Å². The van der Waals surface area contributed by atoms with Gasteiger partial charge in [0.2, 0.25) is 0 Å². The lowest BCUT2D eigenvalue weighted by molar-refractivity contribution is 0.0709. The summed E-state index contributed by atoms with van der Waals surface area (Å²) in [6.07, 6.45) is 2.02. The van der Waals surface area contributed by atoms with E-state index in [2.05, 4.69) is 6.07 Å². The number of halogens is 1. The molecule has 3 nitrogen and oxygen atoms in total. The van der Waals surface area contributed by atoms with E-state index in [1.165, 1.54) is 0 Å². The van der Waals surface area contributed by atoms with E-state index in [0.717, 1.165) is 35.7 Å². The number of carbonyl (C=O) groups is 1. The number of carbonyl (C=O) groups excluding carboxylic acids is 1. The van der Waals surface area contributed by atoms with Gasteiger partial charge in [-0.05, 0) is 35.7 Å². The minimum absolute atomic E-state index is 0. The number of amides is 1. The summed E-state index contributed by atoms with van der Waals surface area (Å²) in [7, 11) is 0. The van der Waals surface area contributed by atoms with Gasteiger partial charge in [-0.25, -0.2) is 0 Å². The Bertz CT molecular complexity index is 614. The maximum Gasteiger partial charge on any atom is 0.253 e. The molecule has 0 bridgehead atoms. The number of nitrogens with zero attached hydrogens (tertiary/aromatic N) is 1. The zero-order chi connectivity index (χ0) is 13.2. The first-order valence-electron chi connectivity index (χ1n) is 6.78. The number of likely N-dealkylation sites (tertiary alicyclic amines) is 1. The van der Waals surface area contributed by atoms with Crippen LogP contribution in [0.2, 0.25) is 0 Å². The van der Waals surface area contributed by atoms with Gasteiger partial charge >= 0.3 is 0 Å². The lowest BCUT2D eigenvalue weighted by Gasteiger charge is -2.30. The summed E-state index contributed by atoms with van der Waals surface area (Å²) in [6, 6.07) is 14.1. The molecule has 106 valence electrons. The van der Waals surface area contributed by atoms with Crippen LogP contribution >= 0.6 is 12.4 Å². The monoisotopic (exact) mass is 290 g/mol. The number of nitrogens with two attached hydrogens (primary N) is 1. The van der Waals surface area contributed by atoms with Crippen LogP contribution in [0.15, 0.2) is 42.5 Å². The summed E-state index contributed by atoms with van der Waals surface area (Å²) >= 11 is 0. The van der Waals surface area contributed by atoms with Crippen molar-refractivity contribution < 1.29 is 4.79 Å². The van der Waals surface area contributed by atoms with Crippen molar-refractivity contribution in [1.82, 2.24) is 4.90 Å². The molecule has 1 unspecified atom stereocenters. The Morgan fingerprint density at radius 1 is 1.15 bits per heavy atom. The molecule has 1 aliphatic rings. The number of benzene rings is 2. The average Bonchev–Trinajstić information content (AvgIpc) is 2.46. The molecule has 1 atom stereocenters. The Kier molecular flexibility index (Phi) is 4.63. The maximum atomic E-state index is 12.5. The Balaban J connectivity index is 0.00000147. The highest BCUT2D eigenvalue weighted by Gasteiger charge is 2.22. The van der Waals surface area contributed by atoms with Gasteiger partial charge in [0, 0.05) is 24.7 Å². The predicted molar refractivity (Wildman–Crippen MR) is 84.3 cm³/mol. The van der Waals surface area contributed by atoms with Crippen molar-refractivity contribution in [3.63, 3.8) is 0 Å². The van der Waals surface area contributed by atoms with Crippen molar-refractivity contribution >= 4 is 29.1 Å². The molecule has 2 aromatic rings. The van der Waals surface area contributed by atoms with Gasteiger partial charge in [0.25, 0.3) is 5.91 Å². The van der Waals surface area contributed by atoms with Crippen molar-refractivity contribution in [3.8, 4) is 0 Å². The molecule has 0 aromatic heterocycles. The van der Waals surface area contributed by atoms with E-state index >= 15 is 0 Å². The molecule has 0 radical (unpaired) electrons. The van der Waals surface area contributed by atoms with Crippen molar-refractivity contribution in [2.75, 3.05) is 13.1 Å². The molecule has 0 saturated carbocycles. The van der Waals surface area contributed by atoms with Crippen molar-refractivity contribution in [2.24, 2.45) is 5.73 Å². The van der Waals surface area contributed by atoms with Crippen LogP contribution in [0.1, 0.15) is 23.2 Å². The van der Waals surface area contributed by atoms with Crippen LogP contribution in [0.25, 0.3) is 10.8 Å². The lowest BCUT2D eigenvalue weighted by Crippen LogP contribution is -2.45. The molecule has 1 heterocycles. The summed E-state index contributed by atoms with van der Waals surface area (Å²) in [5, 5.41) is 2.27. The fourth-order valence-electron chi connectivity index (χ4n) is 2.70. The third-order valence-corrected chi connectivity index (χ3v) is 3.74.